The summed E-state index contributed by atoms with van der Waals surface area (Å²) in [6.07, 6.45) is 1.34. The molecule has 2 rings (SSSR count). The Morgan fingerprint density at radius 3 is 2.22 bits per heavy atom. The average molecular weight is 540 g/mol. The van der Waals surface area contributed by atoms with Gasteiger partial charge in [0.05, 0.1) is 26.2 Å². The van der Waals surface area contributed by atoms with E-state index in [0.717, 1.165) is 10.6 Å². The van der Waals surface area contributed by atoms with E-state index in [2.05, 4.69) is 5.32 Å². The Morgan fingerprint density at radius 2 is 1.69 bits per heavy atom. The number of nitrogens with zero attached hydrogens (tertiary/aromatic N) is 2. The zero-order valence-electron chi connectivity index (χ0n) is 21.4. The van der Waals surface area contributed by atoms with Crippen molar-refractivity contribution in [1.82, 2.24) is 10.2 Å². The van der Waals surface area contributed by atoms with E-state index in [1.165, 1.54) is 31.3 Å². The van der Waals surface area contributed by atoms with Gasteiger partial charge in [0.1, 0.15) is 12.6 Å². The number of carbonyl (C=O) groups excluding carboxylic acids is 2. The molecule has 2 aromatic carbocycles. The van der Waals surface area contributed by atoms with Gasteiger partial charge in [-0.3, -0.25) is 13.9 Å². The van der Waals surface area contributed by atoms with Crippen molar-refractivity contribution in [2.24, 2.45) is 0 Å². The molecule has 0 saturated heterocycles. The standard InChI is InChI=1S/C25H34ClN3O6S/c1-7-21(25(31)27-17(2)3)28(15-18-10-8-9-11-20(18)26)24(30)16-29(36(6,32)33)19-12-13-22(34-4)23(14-19)35-5/h8-14,17,21H,7,15-16H2,1-6H3,(H,27,31)/t21-/m0/s1. The van der Waals surface area contributed by atoms with Gasteiger partial charge in [0, 0.05) is 23.7 Å². The predicted octanol–water partition coefficient (Wildman–Crippen LogP) is 3.46. The van der Waals surface area contributed by atoms with E-state index in [-0.39, 0.29) is 24.2 Å². The molecule has 0 spiro atoms. The van der Waals surface area contributed by atoms with E-state index in [1.54, 1.807) is 37.3 Å². The summed E-state index contributed by atoms with van der Waals surface area (Å²) in [4.78, 5) is 28.1. The summed E-state index contributed by atoms with van der Waals surface area (Å²) < 4.78 is 37.0. The Kier molecular flexibility index (Phi) is 10.4. The Balaban J connectivity index is 2.50. The summed E-state index contributed by atoms with van der Waals surface area (Å²) in [6, 6.07) is 10.6. The zero-order chi connectivity index (χ0) is 27.0. The van der Waals surface area contributed by atoms with Crippen molar-refractivity contribution in [3.63, 3.8) is 0 Å². The van der Waals surface area contributed by atoms with Crippen LogP contribution >= 0.6 is 11.6 Å². The quantitative estimate of drug-likeness (QED) is 0.443. The minimum atomic E-state index is -3.88. The van der Waals surface area contributed by atoms with Crippen molar-refractivity contribution in [2.75, 3.05) is 31.3 Å². The lowest BCUT2D eigenvalue weighted by Gasteiger charge is -2.33. The maximum absolute atomic E-state index is 13.7. The molecule has 0 aliphatic rings. The van der Waals surface area contributed by atoms with Gasteiger partial charge in [-0.15, -0.1) is 0 Å². The highest BCUT2D eigenvalue weighted by Crippen LogP contribution is 2.32. The third kappa shape index (κ3) is 7.51. The first kappa shape index (κ1) is 29.3. The molecule has 1 N–H and O–H groups in total. The van der Waals surface area contributed by atoms with Crippen LogP contribution in [0.3, 0.4) is 0 Å². The Morgan fingerprint density at radius 1 is 1.06 bits per heavy atom. The van der Waals surface area contributed by atoms with Gasteiger partial charge < -0.3 is 19.7 Å². The van der Waals surface area contributed by atoms with Crippen LogP contribution in [0.1, 0.15) is 32.8 Å². The van der Waals surface area contributed by atoms with Crippen LogP contribution in [0.2, 0.25) is 5.02 Å². The van der Waals surface area contributed by atoms with Crippen LogP contribution in [0.5, 0.6) is 11.5 Å². The van der Waals surface area contributed by atoms with Gasteiger partial charge in [-0.25, -0.2) is 8.42 Å². The molecule has 0 heterocycles. The molecular weight excluding hydrogens is 506 g/mol. The zero-order valence-corrected chi connectivity index (χ0v) is 23.0. The fourth-order valence-electron chi connectivity index (χ4n) is 3.70. The number of amides is 2. The number of benzene rings is 2. The first-order valence-corrected chi connectivity index (χ1v) is 13.7. The van der Waals surface area contributed by atoms with E-state index >= 15 is 0 Å². The first-order chi connectivity index (χ1) is 16.9. The number of rotatable bonds is 12. The summed E-state index contributed by atoms with van der Waals surface area (Å²) >= 11 is 6.35. The van der Waals surface area contributed by atoms with Gasteiger partial charge in [-0.05, 0) is 44.0 Å². The fraction of sp³-hybridized carbons (Fsp3) is 0.440. The summed E-state index contributed by atoms with van der Waals surface area (Å²) in [5.41, 5.74) is 0.862. The molecule has 0 aliphatic carbocycles. The molecule has 0 saturated carbocycles. The number of carbonyl (C=O) groups is 2. The minimum Gasteiger partial charge on any atom is -0.493 e. The third-order valence-corrected chi connectivity index (χ3v) is 6.96. The number of ether oxygens (including phenoxy) is 2. The molecule has 0 fully saturated rings. The highest BCUT2D eigenvalue weighted by Gasteiger charge is 2.32. The second-order valence-electron chi connectivity index (χ2n) is 8.51. The van der Waals surface area contributed by atoms with Crippen LogP contribution in [0.15, 0.2) is 42.5 Å². The van der Waals surface area contributed by atoms with E-state index in [1.807, 2.05) is 13.8 Å². The molecule has 0 aromatic heterocycles. The number of halogens is 1. The van der Waals surface area contributed by atoms with Crippen molar-refractivity contribution in [2.45, 2.75) is 45.8 Å². The first-order valence-electron chi connectivity index (χ1n) is 11.5. The monoisotopic (exact) mass is 539 g/mol. The molecule has 0 bridgehead atoms. The van der Waals surface area contributed by atoms with Crippen molar-refractivity contribution in [3.05, 3.63) is 53.1 Å². The van der Waals surface area contributed by atoms with E-state index in [4.69, 9.17) is 21.1 Å². The van der Waals surface area contributed by atoms with Crippen molar-refractivity contribution in [1.29, 1.82) is 0 Å². The van der Waals surface area contributed by atoms with Crippen LogP contribution in [0, 0.1) is 0 Å². The topological polar surface area (TPSA) is 105 Å². The SMILES string of the molecule is CC[C@@H](C(=O)NC(C)C)N(Cc1ccccc1Cl)C(=O)CN(c1ccc(OC)c(OC)c1)S(C)(=O)=O. The highest BCUT2D eigenvalue weighted by atomic mass is 35.5. The summed E-state index contributed by atoms with van der Waals surface area (Å²) in [6.45, 7) is 4.96. The molecule has 198 valence electrons. The smallest absolute Gasteiger partial charge is 0.244 e. The van der Waals surface area contributed by atoms with Crippen LogP contribution < -0.4 is 19.1 Å². The Hall–Kier alpha value is -2.98. The number of sulfonamides is 1. The fourth-order valence-corrected chi connectivity index (χ4v) is 4.74. The van der Waals surface area contributed by atoms with Gasteiger partial charge in [0.2, 0.25) is 21.8 Å². The van der Waals surface area contributed by atoms with Gasteiger partial charge in [-0.2, -0.15) is 0 Å². The van der Waals surface area contributed by atoms with Gasteiger partial charge in [0.15, 0.2) is 11.5 Å². The summed E-state index contributed by atoms with van der Waals surface area (Å²) in [7, 11) is -0.981. The second kappa shape index (κ2) is 12.8. The molecule has 36 heavy (non-hydrogen) atoms. The number of nitrogens with one attached hydrogen (secondary N) is 1. The van der Waals surface area contributed by atoms with Crippen molar-refractivity contribution >= 4 is 39.1 Å². The molecule has 11 heteroatoms. The summed E-state index contributed by atoms with van der Waals surface area (Å²) in [5.74, 6) is -0.157. The average Bonchev–Trinajstić information content (AvgIpc) is 2.81. The molecule has 2 amide bonds. The lowest BCUT2D eigenvalue weighted by molar-refractivity contribution is -0.140. The van der Waals surface area contributed by atoms with Gasteiger partial charge in [-0.1, -0.05) is 36.7 Å². The van der Waals surface area contributed by atoms with Crippen LogP contribution in [0.4, 0.5) is 5.69 Å². The molecular formula is C25H34ClN3O6S. The molecule has 9 nitrogen and oxygen atoms in total. The van der Waals surface area contributed by atoms with Crippen molar-refractivity contribution in [3.8, 4) is 11.5 Å². The third-order valence-electron chi connectivity index (χ3n) is 5.45. The lowest BCUT2D eigenvalue weighted by atomic mass is 10.1. The maximum Gasteiger partial charge on any atom is 0.244 e. The van der Waals surface area contributed by atoms with Crippen LogP contribution in [0.25, 0.3) is 0 Å². The molecule has 1 atom stereocenters. The van der Waals surface area contributed by atoms with Gasteiger partial charge >= 0.3 is 0 Å². The number of anilines is 1. The van der Waals surface area contributed by atoms with E-state index in [9.17, 15) is 18.0 Å². The number of hydrogen-bond acceptors (Lipinski definition) is 6. The minimum absolute atomic E-state index is 0.0338. The Labute approximate surface area is 218 Å². The predicted molar refractivity (Wildman–Crippen MR) is 141 cm³/mol. The molecule has 0 unspecified atom stereocenters. The van der Waals surface area contributed by atoms with E-state index < -0.39 is 28.5 Å². The van der Waals surface area contributed by atoms with Crippen molar-refractivity contribution < 1.29 is 27.5 Å². The second-order valence-corrected chi connectivity index (χ2v) is 10.8. The number of hydrogen-bond donors (Lipinski definition) is 1. The van der Waals surface area contributed by atoms with Crippen LogP contribution in [-0.4, -0.2) is 64.2 Å². The normalized spacial score (nSPS) is 12.1. The highest BCUT2D eigenvalue weighted by molar-refractivity contribution is 7.92. The number of methoxy groups -OCH3 is 2. The van der Waals surface area contributed by atoms with Crippen LogP contribution in [-0.2, 0) is 26.2 Å². The maximum atomic E-state index is 13.7. The summed E-state index contributed by atoms with van der Waals surface area (Å²) in [5, 5.41) is 3.28. The molecule has 0 radical (unpaired) electrons. The molecule has 0 aliphatic heterocycles. The molecule has 2 aromatic rings. The lowest BCUT2D eigenvalue weighted by Crippen LogP contribution is -2.53. The van der Waals surface area contributed by atoms with Gasteiger partial charge in [0.25, 0.3) is 0 Å². The largest absolute Gasteiger partial charge is 0.493 e. The van der Waals surface area contributed by atoms with E-state index in [0.29, 0.717) is 28.5 Å². The Bertz CT molecular complexity index is 1170.